The number of nitrogens with one attached hydrogen (secondary N) is 1. The number of rotatable bonds is 11. The number of aliphatic hydroxyl groups excluding tert-OH is 1. The molecule has 2 aliphatic rings. The lowest BCUT2D eigenvalue weighted by molar-refractivity contribution is -0.253. The van der Waals surface area contributed by atoms with Crippen molar-refractivity contribution in [1.29, 1.82) is 0 Å². The topological polar surface area (TPSA) is 108 Å². The number of carboxylic acid groups (broad SMARTS) is 1. The monoisotopic (exact) mass is 510 g/mol. The van der Waals surface area contributed by atoms with Gasteiger partial charge in [-0.3, -0.25) is 9.59 Å². The number of nitrogens with zero attached hydrogens (tertiary/aromatic N) is 1. The summed E-state index contributed by atoms with van der Waals surface area (Å²) in [5.74, 6) is -0.970. The minimum Gasteiger partial charge on any atom is -0.481 e. The highest BCUT2D eigenvalue weighted by Gasteiger charge is 2.33. The van der Waals surface area contributed by atoms with Gasteiger partial charge in [0.15, 0.2) is 6.29 Å². The van der Waals surface area contributed by atoms with Gasteiger partial charge in [-0.05, 0) is 62.0 Å². The molecular formula is C29H38N2O6. The van der Waals surface area contributed by atoms with E-state index < -0.39 is 12.3 Å². The maximum Gasteiger partial charge on any atom is 0.303 e. The number of carboxylic acids is 1. The standard InChI is InChI=1S/C29H38N2O6/c32-20-21-8-10-22(11-9-21)26-18-25(19-31-16-4-1-5-17-31)36-29(37-26)23-12-14-24(15-13-23)30-27(33)6-2-3-7-28(34)35/h8-15,25-26,29,32H,1-7,16-20H2,(H,30,33)(H,34,35)/t25-,26+,29+/m1/s1. The Kier molecular flexibility index (Phi) is 10.1. The average Bonchev–Trinajstić information content (AvgIpc) is 2.92. The van der Waals surface area contributed by atoms with E-state index in [1.807, 2.05) is 48.5 Å². The van der Waals surface area contributed by atoms with Crippen LogP contribution in [0.15, 0.2) is 48.5 Å². The molecule has 0 spiro atoms. The highest BCUT2D eigenvalue weighted by molar-refractivity contribution is 5.90. The Hall–Kier alpha value is -2.78. The van der Waals surface area contributed by atoms with E-state index in [1.54, 1.807) is 0 Å². The normalized spacial score (nSPS) is 22.5. The van der Waals surface area contributed by atoms with Crippen molar-refractivity contribution in [2.24, 2.45) is 0 Å². The first-order valence-electron chi connectivity index (χ1n) is 13.3. The number of ether oxygens (including phenoxy) is 2. The summed E-state index contributed by atoms with van der Waals surface area (Å²) in [4.78, 5) is 25.3. The largest absolute Gasteiger partial charge is 0.481 e. The van der Waals surface area contributed by atoms with Crippen LogP contribution in [0.3, 0.4) is 0 Å². The van der Waals surface area contributed by atoms with Crippen molar-refractivity contribution in [3.8, 4) is 0 Å². The molecule has 0 aliphatic carbocycles. The molecule has 3 atom stereocenters. The van der Waals surface area contributed by atoms with Gasteiger partial charge in [-0.1, -0.05) is 42.8 Å². The summed E-state index contributed by atoms with van der Waals surface area (Å²) in [6, 6.07) is 15.4. The third-order valence-corrected chi connectivity index (χ3v) is 7.04. The molecule has 1 amide bonds. The van der Waals surface area contributed by atoms with Crippen molar-refractivity contribution in [2.75, 3.05) is 25.0 Å². The van der Waals surface area contributed by atoms with Gasteiger partial charge >= 0.3 is 5.97 Å². The van der Waals surface area contributed by atoms with Crippen LogP contribution in [0.1, 0.15) is 80.5 Å². The molecule has 200 valence electrons. The molecule has 0 radical (unpaired) electrons. The first-order chi connectivity index (χ1) is 18.0. The van der Waals surface area contributed by atoms with Gasteiger partial charge in [0.25, 0.3) is 0 Å². The second kappa shape index (κ2) is 13.7. The second-order valence-electron chi connectivity index (χ2n) is 9.98. The fourth-order valence-electron chi connectivity index (χ4n) is 4.97. The van der Waals surface area contributed by atoms with E-state index in [0.717, 1.165) is 42.7 Å². The molecule has 2 aromatic rings. The van der Waals surface area contributed by atoms with E-state index >= 15 is 0 Å². The van der Waals surface area contributed by atoms with E-state index in [0.29, 0.717) is 24.9 Å². The zero-order chi connectivity index (χ0) is 26.0. The zero-order valence-corrected chi connectivity index (χ0v) is 21.3. The van der Waals surface area contributed by atoms with E-state index in [9.17, 15) is 14.7 Å². The fraction of sp³-hybridized carbons (Fsp3) is 0.517. The third kappa shape index (κ3) is 8.36. The summed E-state index contributed by atoms with van der Waals surface area (Å²) >= 11 is 0. The van der Waals surface area contributed by atoms with Crippen molar-refractivity contribution < 1.29 is 29.3 Å². The molecule has 8 nitrogen and oxygen atoms in total. The van der Waals surface area contributed by atoms with Crippen molar-refractivity contribution in [1.82, 2.24) is 4.90 Å². The summed E-state index contributed by atoms with van der Waals surface area (Å²) < 4.78 is 12.9. The molecule has 2 heterocycles. The van der Waals surface area contributed by atoms with Crippen LogP contribution in [0.4, 0.5) is 5.69 Å². The van der Waals surface area contributed by atoms with Crippen LogP contribution in [0.5, 0.6) is 0 Å². The summed E-state index contributed by atoms with van der Waals surface area (Å²) in [6.45, 7) is 3.10. The van der Waals surface area contributed by atoms with Crippen LogP contribution in [0.2, 0.25) is 0 Å². The van der Waals surface area contributed by atoms with Gasteiger partial charge in [0.05, 0.1) is 18.8 Å². The van der Waals surface area contributed by atoms with E-state index in [4.69, 9.17) is 14.6 Å². The van der Waals surface area contributed by atoms with Crippen LogP contribution in [-0.4, -0.2) is 52.7 Å². The van der Waals surface area contributed by atoms with E-state index in [1.165, 1.54) is 19.3 Å². The zero-order valence-electron chi connectivity index (χ0n) is 21.3. The first-order valence-corrected chi connectivity index (χ1v) is 13.3. The number of amides is 1. The molecule has 37 heavy (non-hydrogen) atoms. The molecule has 2 saturated heterocycles. The SMILES string of the molecule is O=C(O)CCCCC(=O)Nc1ccc([C@H]2O[C@@H](CN3CCCCC3)C[C@@H](c3ccc(CO)cc3)O2)cc1. The number of likely N-dealkylation sites (tertiary alicyclic amines) is 1. The van der Waals surface area contributed by atoms with Gasteiger partial charge in [0, 0.05) is 37.1 Å². The smallest absolute Gasteiger partial charge is 0.303 e. The number of benzene rings is 2. The number of hydrogen-bond donors (Lipinski definition) is 3. The molecule has 0 bridgehead atoms. The summed E-state index contributed by atoms with van der Waals surface area (Å²) in [6.07, 6.45) is 5.30. The molecule has 0 aromatic heterocycles. The average molecular weight is 511 g/mol. The number of unbranched alkanes of at least 4 members (excludes halogenated alkanes) is 1. The van der Waals surface area contributed by atoms with E-state index in [2.05, 4.69) is 10.2 Å². The summed E-state index contributed by atoms with van der Waals surface area (Å²) in [5.41, 5.74) is 3.52. The number of anilines is 1. The Morgan fingerprint density at radius 2 is 1.57 bits per heavy atom. The minimum atomic E-state index is -0.842. The Balaban J connectivity index is 1.40. The maximum atomic E-state index is 12.2. The molecule has 3 N–H and O–H groups in total. The Morgan fingerprint density at radius 3 is 2.24 bits per heavy atom. The number of piperidine rings is 1. The van der Waals surface area contributed by atoms with Crippen LogP contribution >= 0.6 is 0 Å². The Bertz CT molecular complexity index is 1000. The van der Waals surface area contributed by atoms with Gasteiger partial charge in [-0.2, -0.15) is 0 Å². The minimum absolute atomic E-state index is 0.0142. The molecule has 2 aliphatic heterocycles. The van der Waals surface area contributed by atoms with E-state index in [-0.39, 0.29) is 31.1 Å². The molecule has 8 heteroatoms. The number of aliphatic hydroxyl groups is 1. The third-order valence-electron chi connectivity index (χ3n) is 7.04. The van der Waals surface area contributed by atoms with Crippen LogP contribution < -0.4 is 5.32 Å². The van der Waals surface area contributed by atoms with Crippen LogP contribution in [-0.2, 0) is 25.7 Å². The van der Waals surface area contributed by atoms with Gasteiger partial charge in [-0.15, -0.1) is 0 Å². The fourth-order valence-corrected chi connectivity index (χ4v) is 4.97. The van der Waals surface area contributed by atoms with Gasteiger partial charge in [0.1, 0.15) is 0 Å². The molecule has 2 fully saturated rings. The second-order valence-corrected chi connectivity index (χ2v) is 9.98. The van der Waals surface area contributed by atoms with Crippen LogP contribution in [0.25, 0.3) is 0 Å². The number of aliphatic carboxylic acids is 1. The Labute approximate surface area is 218 Å². The van der Waals surface area contributed by atoms with Crippen LogP contribution in [0, 0.1) is 0 Å². The van der Waals surface area contributed by atoms with Gasteiger partial charge in [-0.25, -0.2) is 0 Å². The lowest BCUT2D eigenvalue weighted by Crippen LogP contribution is -2.41. The Morgan fingerprint density at radius 1 is 0.892 bits per heavy atom. The molecule has 0 saturated carbocycles. The molecular weight excluding hydrogens is 472 g/mol. The lowest BCUT2D eigenvalue weighted by Gasteiger charge is -2.39. The summed E-state index contributed by atoms with van der Waals surface area (Å²) in [7, 11) is 0. The van der Waals surface area contributed by atoms with Crippen molar-refractivity contribution in [3.05, 3.63) is 65.2 Å². The number of carbonyl (C=O) groups excluding carboxylic acids is 1. The predicted octanol–water partition coefficient (Wildman–Crippen LogP) is 4.79. The number of hydrogen-bond acceptors (Lipinski definition) is 6. The van der Waals surface area contributed by atoms with Gasteiger partial charge < -0.3 is 29.9 Å². The van der Waals surface area contributed by atoms with Gasteiger partial charge in [0.2, 0.25) is 5.91 Å². The van der Waals surface area contributed by atoms with Crippen molar-refractivity contribution >= 4 is 17.6 Å². The molecule has 0 unspecified atom stereocenters. The first kappa shape index (κ1) is 27.3. The molecule has 2 aromatic carbocycles. The lowest BCUT2D eigenvalue weighted by atomic mass is 9.99. The molecule has 4 rings (SSSR count). The number of carbonyl (C=O) groups is 2. The van der Waals surface area contributed by atoms with Crippen molar-refractivity contribution in [3.63, 3.8) is 0 Å². The predicted molar refractivity (Wildman–Crippen MR) is 140 cm³/mol. The quantitative estimate of drug-likeness (QED) is 0.373. The summed E-state index contributed by atoms with van der Waals surface area (Å²) in [5, 5.41) is 21.0. The van der Waals surface area contributed by atoms with Crippen molar-refractivity contribution in [2.45, 2.75) is 76.5 Å². The highest BCUT2D eigenvalue weighted by Crippen LogP contribution is 2.38. The maximum absolute atomic E-state index is 12.2. The highest BCUT2D eigenvalue weighted by atomic mass is 16.7.